The molecule has 2 aromatic heterocycles. The van der Waals surface area contributed by atoms with E-state index >= 15 is 0 Å². The number of thiazole rings is 1. The highest BCUT2D eigenvalue weighted by molar-refractivity contribution is 8.11. The van der Waals surface area contributed by atoms with Gasteiger partial charge < -0.3 is 20.0 Å². The summed E-state index contributed by atoms with van der Waals surface area (Å²) in [4.78, 5) is 32.2. The predicted octanol–water partition coefficient (Wildman–Crippen LogP) is 8.26. The van der Waals surface area contributed by atoms with Crippen LogP contribution in [0.25, 0.3) is 22.6 Å². The summed E-state index contributed by atoms with van der Waals surface area (Å²) in [5.41, 5.74) is 8.28. The fraction of sp³-hybridized carbons (Fsp3) is 0.273. The monoisotopic (exact) mass is 775 g/mol. The zero-order chi connectivity index (χ0) is 37.8. The van der Waals surface area contributed by atoms with Gasteiger partial charge in [-0.15, -0.1) is 22.7 Å². The van der Waals surface area contributed by atoms with Crippen LogP contribution < -0.4 is 19.7 Å². The molecule has 3 aromatic carbocycles. The lowest BCUT2D eigenvalue weighted by molar-refractivity contribution is -0.137. The minimum atomic E-state index is -1.12. The number of para-hydroxylation sites is 1. The maximum absolute atomic E-state index is 13.7. The third-order valence-corrected chi connectivity index (χ3v) is 13.4. The molecule has 0 bridgehead atoms. The normalized spacial score (nSPS) is 17.2. The summed E-state index contributed by atoms with van der Waals surface area (Å²) < 4.78 is 2.11. The molecule has 0 amide bonds. The van der Waals surface area contributed by atoms with E-state index in [0.717, 1.165) is 52.3 Å². The third kappa shape index (κ3) is 7.93. The third-order valence-electron chi connectivity index (χ3n) is 9.97. The van der Waals surface area contributed by atoms with Gasteiger partial charge in [0.1, 0.15) is 11.2 Å². The van der Waals surface area contributed by atoms with Gasteiger partial charge in [0.05, 0.1) is 14.5 Å². The summed E-state index contributed by atoms with van der Waals surface area (Å²) in [6.45, 7) is 9.26. The van der Waals surface area contributed by atoms with E-state index in [1.54, 1.807) is 16.2 Å². The summed E-state index contributed by atoms with van der Waals surface area (Å²) in [5, 5.41) is 21.4. The van der Waals surface area contributed by atoms with E-state index < -0.39 is 24.3 Å². The highest BCUT2D eigenvalue weighted by atomic mass is 32.2. The molecule has 2 aliphatic heterocycles. The Balaban J connectivity index is 1.27. The summed E-state index contributed by atoms with van der Waals surface area (Å²) in [6.07, 6.45) is 9.95. The first-order chi connectivity index (χ1) is 26.2. The maximum atomic E-state index is 13.7. The summed E-state index contributed by atoms with van der Waals surface area (Å²) in [7, 11) is 0. The van der Waals surface area contributed by atoms with Crippen LogP contribution in [0, 0.1) is 0 Å². The second-order valence-corrected chi connectivity index (χ2v) is 16.8. The number of aliphatic hydroxyl groups excluding tert-OH is 1. The van der Waals surface area contributed by atoms with Gasteiger partial charge >= 0.3 is 5.97 Å². The molecule has 278 valence electrons. The Bertz CT molecular complexity index is 2390. The topological polar surface area (TPSA) is 86.0 Å². The number of hydrogen-bond donors (Lipinski definition) is 2. The first kappa shape index (κ1) is 37.7. The number of nitrogens with zero attached hydrogens (tertiary/aromatic N) is 3. The van der Waals surface area contributed by atoms with Crippen molar-refractivity contribution in [2.75, 3.05) is 18.0 Å². The number of carbonyl (C=O) groups is 1. The van der Waals surface area contributed by atoms with Crippen molar-refractivity contribution in [2.45, 2.75) is 65.1 Å². The van der Waals surface area contributed by atoms with E-state index in [0.29, 0.717) is 25.7 Å². The standard InChI is InChI=1S/C44H45N3O4S3/c1-4-6-7-13-24-46-36-17-12-11-16-32(36)19-20-33-25-30(18-22-37(33)46)26-35(31-14-9-8-10-15-31)38-23-21-34(53-38)27-39-42(50)47(28-40(48)49)44(54-39)41-43(51)45(5-2)29(3)52-41/h8-12,14-18,21-23,25-27,43,51H,3-7,13,19-20,24,28H2,1-2H3,(H,48,49)/b35-26+,39-27+,44-41+. The van der Waals surface area contributed by atoms with Gasteiger partial charge in [0.15, 0.2) is 6.23 Å². The number of carboxylic acid groups (broad SMARTS) is 1. The van der Waals surface area contributed by atoms with Crippen molar-refractivity contribution in [3.63, 3.8) is 0 Å². The largest absolute Gasteiger partial charge is 0.480 e. The number of hydrogen-bond acceptors (Lipinski definition) is 8. The molecular formula is C44H45N3O4S3. The number of aliphatic hydroxyl groups is 1. The average molecular weight is 776 g/mol. The Kier molecular flexibility index (Phi) is 11.7. The lowest BCUT2D eigenvalue weighted by Crippen LogP contribution is -2.36. The number of rotatable bonds is 12. The zero-order valence-electron chi connectivity index (χ0n) is 30.7. The molecule has 1 fully saturated rings. The van der Waals surface area contributed by atoms with E-state index in [-0.39, 0.29) is 0 Å². The van der Waals surface area contributed by atoms with Gasteiger partial charge in [0.2, 0.25) is 0 Å². The van der Waals surface area contributed by atoms with Crippen LogP contribution in [0.4, 0.5) is 11.4 Å². The van der Waals surface area contributed by atoms with E-state index in [4.69, 9.17) is 0 Å². The Morgan fingerprint density at radius 3 is 2.43 bits per heavy atom. The summed E-state index contributed by atoms with van der Waals surface area (Å²) in [5.74, 6) is -1.12. The van der Waals surface area contributed by atoms with Crippen LogP contribution in [-0.4, -0.2) is 45.0 Å². The number of anilines is 2. The lowest BCUT2D eigenvalue weighted by Gasteiger charge is -2.27. The minimum Gasteiger partial charge on any atom is -0.480 e. The zero-order valence-corrected chi connectivity index (χ0v) is 33.1. The molecule has 2 N–H and O–H groups in total. The Hall–Kier alpha value is -4.61. The highest BCUT2D eigenvalue weighted by Crippen LogP contribution is 2.41. The van der Waals surface area contributed by atoms with Gasteiger partial charge in [-0.25, -0.2) is 0 Å². The Labute approximate surface area is 328 Å². The molecular weight excluding hydrogens is 731 g/mol. The van der Waals surface area contributed by atoms with Crippen molar-refractivity contribution in [1.29, 1.82) is 0 Å². The molecule has 0 aliphatic carbocycles. The number of unbranched alkanes of at least 4 members (excludes halogenated alkanes) is 3. The predicted molar refractivity (Wildman–Crippen MR) is 227 cm³/mol. The van der Waals surface area contributed by atoms with Gasteiger partial charge in [0.25, 0.3) is 5.56 Å². The maximum Gasteiger partial charge on any atom is 0.323 e. The molecule has 4 heterocycles. The molecule has 54 heavy (non-hydrogen) atoms. The highest BCUT2D eigenvalue weighted by Gasteiger charge is 2.32. The number of aliphatic carboxylic acids is 1. The van der Waals surface area contributed by atoms with E-state index in [1.807, 2.05) is 37.3 Å². The van der Waals surface area contributed by atoms with Crippen molar-refractivity contribution in [2.24, 2.45) is 0 Å². The first-order valence-corrected chi connectivity index (χ1v) is 21.0. The lowest BCUT2D eigenvalue weighted by atomic mass is 9.98. The molecule has 0 spiro atoms. The molecule has 5 aromatic rings. The van der Waals surface area contributed by atoms with E-state index in [2.05, 4.69) is 85.1 Å². The average Bonchev–Trinajstić information content (AvgIpc) is 3.81. The smallest absolute Gasteiger partial charge is 0.323 e. The first-order valence-electron chi connectivity index (χ1n) is 18.6. The second kappa shape index (κ2) is 16.8. The number of thiophene rings is 1. The fourth-order valence-corrected chi connectivity index (χ4v) is 10.7. The number of benzene rings is 3. The second-order valence-electron chi connectivity index (χ2n) is 13.6. The van der Waals surface area contributed by atoms with Crippen LogP contribution >= 0.6 is 34.4 Å². The van der Waals surface area contributed by atoms with Crippen LogP contribution in [0.2, 0.25) is 0 Å². The van der Waals surface area contributed by atoms with Crippen molar-refractivity contribution >= 4 is 74.4 Å². The SMILES string of the molecule is C=C1S/C(=c2/s/c(=C/c3ccc(/C(=C/c4ccc5c(c4)CCc4ccccc4N5CCCCCC)c4ccccc4)s3)c(=O)n2CC(=O)O)C(O)N1CC. The van der Waals surface area contributed by atoms with E-state index in [9.17, 15) is 19.8 Å². The van der Waals surface area contributed by atoms with Gasteiger partial charge in [0, 0.05) is 34.2 Å². The number of aromatic nitrogens is 1. The van der Waals surface area contributed by atoms with E-state index in [1.165, 1.54) is 69.4 Å². The molecule has 1 atom stereocenters. The Morgan fingerprint density at radius 1 is 0.907 bits per heavy atom. The van der Waals surface area contributed by atoms with Gasteiger partial charge in [-0.1, -0.05) is 99.1 Å². The van der Waals surface area contributed by atoms with Crippen molar-refractivity contribution in [3.05, 3.63) is 148 Å². The van der Waals surface area contributed by atoms with Crippen LogP contribution in [-0.2, 0) is 24.2 Å². The van der Waals surface area contributed by atoms with Crippen LogP contribution in [0.15, 0.2) is 101 Å². The molecule has 10 heteroatoms. The number of thioether (sulfide) groups is 1. The molecule has 2 aliphatic rings. The van der Waals surface area contributed by atoms with Crippen molar-refractivity contribution in [3.8, 4) is 0 Å². The van der Waals surface area contributed by atoms with Crippen LogP contribution in [0.5, 0.6) is 0 Å². The number of carboxylic acids is 1. The summed E-state index contributed by atoms with van der Waals surface area (Å²) in [6, 6.07) is 30.2. The Morgan fingerprint density at radius 2 is 1.67 bits per heavy atom. The molecule has 7 nitrogen and oxygen atoms in total. The number of fused-ring (bicyclic) bond motifs is 2. The quantitative estimate of drug-likeness (QED) is 0.0976. The number of aryl methyl sites for hydroxylation is 2. The summed E-state index contributed by atoms with van der Waals surface area (Å²) >= 11 is 4.08. The fourth-order valence-electron chi connectivity index (χ4n) is 7.27. The van der Waals surface area contributed by atoms with Crippen molar-refractivity contribution < 1.29 is 15.0 Å². The molecule has 0 radical (unpaired) electrons. The van der Waals surface area contributed by atoms with Crippen molar-refractivity contribution in [1.82, 2.24) is 9.47 Å². The molecule has 1 unspecified atom stereocenters. The van der Waals surface area contributed by atoms with Crippen LogP contribution in [0.1, 0.15) is 71.5 Å². The molecule has 0 saturated carbocycles. The molecule has 7 rings (SSSR count). The minimum absolute atomic E-state index is 0.390. The van der Waals surface area contributed by atoms with Crippen LogP contribution in [0.3, 0.4) is 0 Å². The van der Waals surface area contributed by atoms with Gasteiger partial charge in [-0.05, 0) is 96.5 Å². The van der Waals surface area contributed by atoms with Gasteiger partial charge in [-0.3, -0.25) is 14.2 Å². The van der Waals surface area contributed by atoms with Gasteiger partial charge in [-0.2, -0.15) is 0 Å². The molecule has 1 saturated heterocycles.